The summed E-state index contributed by atoms with van der Waals surface area (Å²) < 4.78 is 41.3. The van der Waals surface area contributed by atoms with E-state index in [0.717, 1.165) is 0 Å². The Labute approximate surface area is 95.7 Å². The maximum Gasteiger partial charge on any atom is 0.405 e. The Morgan fingerprint density at radius 2 is 1.65 bits per heavy atom. The van der Waals surface area contributed by atoms with Crippen LogP contribution in [-0.4, -0.2) is 34.9 Å². The van der Waals surface area contributed by atoms with Crippen molar-refractivity contribution in [3.63, 3.8) is 0 Å². The van der Waals surface area contributed by atoms with Crippen molar-refractivity contribution >= 4 is 11.9 Å². The maximum absolute atomic E-state index is 12.3. The average Bonchev–Trinajstić information content (AvgIpc) is 1.97. The van der Waals surface area contributed by atoms with Gasteiger partial charge in [-0.15, -0.1) is 0 Å². The molecule has 2 atom stereocenters. The van der Waals surface area contributed by atoms with Crippen LogP contribution in [0.1, 0.15) is 20.8 Å². The molecule has 0 aliphatic carbocycles. The van der Waals surface area contributed by atoms with Crippen LogP contribution in [0, 0.1) is 5.92 Å². The molecule has 17 heavy (non-hydrogen) atoms. The van der Waals surface area contributed by atoms with Crippen molar-refractivity contribution in [1.29, 1.82) is 0 Å². The molecule has 1 unspecified atom stereocenters. The van der Waals surface area contributed by atoms with Gasteiger partial charge in [-0.25, -0.2) is 0 Å². The zero-order valence-corrected chi connectivity index (χ0v) is 9.54. The molecule has 0 heterocycles. The Kier molecular flexibility index (Phi) is 4.53. The molecular formula is C9H14F3NO4. The van der Waals surface area contributed by atoms with E-state index in [1.165, 1.54) is 20.8 Å². The molecule has 0 aromatic rings. The van der Waals surface area contributed by atoms with Gasteiger partial charge in [-0.05, 0) is 20.8 Å². The number of esters is 1. The lowest BCUT2D eigenvalue weighted by atomic mass is 10.00. The summed E-state index contributed by atoms with van der Waals surface area (Å²) in [6, 6.07) is -2.80. The maximum atomic E-state index is 12.3. The molecule has 0 amide bonds. The number of halogens is 3. The standard InChI is InChI=1S/C9H14F3NO4/c1-8(2,3)17-7(16)4(6(14)15)5(13)9(10,11)12/h4-5H,13H2,1-3H3,(H,14,15)/t4-,5?/m0/s1. The van der Waals surface area contributed by atoms with Gasteiger partial charge >= 0.3 is 18.1 Å². The number of carbonyl (C=O) groups excluding carboxylic acids is 1. The van der Waals surface area contributed by atoms with Crippen molar-refractivity contribution in [2.75, 3.05) is 0 Å². The third kappa shape index (κ3) is 5.03. The van der Waals surface area contributed by atoms with Crippen molar-refractivity contribution in [2.24, 2.45) is 11.7 Å². The number of hydrogen-bond donors (Lipinski definition) is 2. The third-order valence-corrected chi connectivity index (χ3v) is 1.66. The number of hydrogen-bond acceptors (Lipinski definition) is 4. The summed E-state index contributed by atoms with van der Waals surface area (Å²) >= 11 is 0. The van der Waals surface area contributed by atoms with E-state index in [1.54, 1.807) is 0 Å². The number of nitrogens with two attached hydrogens (primary N) is 1. The third-order valence-electron chi connectivity index (χ3n) is 1.66. The molecular weight excluding hydrogens is 243 g/mol. The Hall–Kier alpha value is -1.31. The van der Waals surface area contributed by atoms with Crippen LogP contribution in [0.25, 0.3) is 0 Å². The zero-order chi connectivity index (χ0) is 14.0. The fourth-order valence-corrected chi connectivity index (χ4v) is 0.955. The van der Waals surface area contributed by atoms with Crippen molar-refractivity contribution in [2.45, 2.75) is 38.6 Å². The molecule has 8 heteroatoms. The van der Waals surface area contributed by atoms with E-state index in [-0.39, 0.29) is 0 Å². The number of carboxylic acid groups (broad SMARTS) is 1. The van der Waals surface area contributed by atoms with Crippen LogP contribution < -0.4 is 5.73 Å². The van der Waals surface area contributed by atoms with E-state index in [9.17, 15) is 22.8 Å². The summed E-state index contributed by atoms with van der Waals surface area (Å²) in [6.07, 6.45) is -4.99. The van der Waals surface area contributed by atoms with Crippen molar-refractivity contribution < 1.29 is 32.6 Å². The highest BCUT2D eigenvalue weighted by Crippen LogP contribution is 2.26. The van der Waals surface area contributed by atoms with Gasteiger partial charge in [0.05, 0.1) is 0 Å². The average molecular weight is 257 g/mol. The number of ether oxygens (including phenoxy) is 1. The second-order valence-corrected chi connectivity index (χ2v) is 4.42. The molecule has 0 saturated carbocycles. The first-order valence-corrected chi connectivity index (χ1v) is 4.64. The first-order chi connectivity index (χ1) is 7.36. The summed E-state index contributed by atoms with van der Waals surface area (Å²) in [4.78, 5) is 21.9. The molecule has 3 N–H and O–H groups in total. The first kappa shape index (κ1) is 15.7. The van der Waals surface area contributed by atoms with Gasteiger partial charge in [-0.2, -0.15) is 13.2 Å². The van der Waals surface area contributed by atoms with E-state index in [1.807, 2.05) is 0 Å². The fourth-order valence-electron chi connectivity index (χ4n) is 0.955. The lowest BCUT2D eigenvalue weighted by Crippen LogP contribution is -2.51. The first-order valence-electron chi connectivity index (χ1n) is 4.64. The van der Waals surface area contributed by atoms with Crippen molar-refractivity contribution in [3.8, 4) is 0 Å². The Morgan fingerprint density at radius 1 is 1.24 bits per heavy atom. The predicted octanol–water partition coefficient (Wildman–Crippen LogP) is 0.918. The molecule has 0 radical (unpaired) electrons. The van der Waals surface area contributed by atoms with Gasteiger partial charge in [0.1, 0.15) is 11.6 Å². The molecule has 0 aliphatic rings. The molecule has 0 fully saturated rings. The van der Waals surface area contributed by atoms with Crippen LogP contribution in [0.2, 0.25) is 0 Å². The van der Waals surface area contributed by atoms with Gasteiger partial charge in [-0.3, -0.25) is 9.59 Å². The van der Waals surface area contributed by atoms with Crippen LogP contribution >= 0.6 is 0 Å². The highest BCUT2D eigenvalue weighted by Gasteiger charge is 2.50. The molecule has 0 bridgehead atoms. The lowest BCUT2D eigenvalue weighted by Gasteiger charge is -2.25. The summed E-state index contributed by atoms with van der Waals surface area (Å²) in [5, 5.41) is 8.59. The molecule has 0 aliphatic heterocycles. The van der Waals surface area contributed by atoms with Crippen LogP contribution in [0.15, 0.2) is 0 Å². The van der Waals surface area contributed by atoms with Crippen LogP contribution in [0.4, 0.5) is 13.2 Å². The van der Waals surface area contributed by atoms with E-state index in [4.69, 9.17) is 10.8 Å². The molecule has 0 aromatic heterocycles. The lowest BCUT2D eigenvalue weighted by molar-refractivity contribution is -0.189. The highest BCUT2D eigenvalue weighted by molar-refractivity contribution is 5.95. The van der Waals surface area contributed by atoms with Crippen LogP contribution in [-0.2, 0) is 14.3 Å². The van der Waals surface area contributed by atoms with E-state index >= 15 is 0 Å². The molecule has 0 spiro atoms. The minimum atomic E-state index is -4.99. The SMILES string of the molecule is CC(C)(C)OC(=O)[C@H](C(=O)O)C(N)C(F)(F)F. The number of carboxylic acids is 1. The topological polar surface area (TPSA) is 89.6 Å². The van der Waals surface area contributed by atoms with Gasteiger partial charge in [0, 0.05) is 0 Å². The Bertz CT molecular complexity index is 308. The molecule has 0 rings (SSSR count). The minimum absolute atomic E-state index is 1.09. The number of alkyl halides is 3. The van der Waals surface area contributed by atoms with Gasteiger partial charge < -0.3 is 15.6 Å². The zero-order valence-electron chi connectivity index (χ0n) is 9.54. The van der Waals surface area contributed by atoms with Crippen LogP contribution in [0.3, 0.4) is 0 Å². The Balaban J connectivity index is 5.01. The van der Waals surface area contributed by atoms with E-state index < -0.39 is 35.7 Å². The number of carbonyl (C=O) groups is 2. The second kappa shape index (κ2) is 4.91. The predicted molar refractivity (Wildman–Crippen MR) is 51.0 cm³/mol. The molecule has 100 valence electrons. The summed E-state index contributed by atoms with van der Waals surface area (Å²) in [6.45, 7) is 4.22. The van der Waals surface area contributed by atoms with Gasteiger partial charge in [0.15, 0.2) is 5.92 Å². The summed E-state index contributed by atoms with van der Waals surface area (Å²) in [7, 11) is 0. The Morgan fingerprint density at radius 3 is 1.88 bits per heavy atom. The second-order valence-electron chi connectivity index (χ2n) is 4.42. The quantitative estimate of drug-likeness (QED) is 0.579. The number of rotatable bonds is 3. The van der Waals surface area contributed by atoms with Gasteiger partial charge in [-0.1, -0.05) is 0 Å². The monoisotopic (exact) mass is 257 g/mol. The smallest absolute Gasteiger partial charge is 0.405 e. The van der Waals surface area contributed by atoms with E-state index in [0.29, 0.717) is 0 Å². The van der Waals surface area contributed by atoms with Gasteiger partial charge in [0.25, 0.3) is 0 Å². The number of aliphatic carboxylic acids is 1. The van der Waals surface area contributed by atoms with Crippen LogP contribution in [0.5, 0.6) is 0 Å². The molecule has 0 saturated heterocycles. The molecule has 5 nitrogen and oxygen atoms in total. The molecule has 0 aromatic carbocycles. The largest absolute Gasteiger partial charge is 0.481 e. The summed E-state index contributed by atoms with van der Waals surface area (Å²) in [5.41, 5.74) is 3.62. The highest BCUT2D eigenvalue weighted by atomic mass is 19.4. The minimum Gasteiger partial charge on any atom is -0.481 e. The fraction of sp³-hybridized carbons (Fsp3) is 0.778. The van der Waals surface area contributed by atoms with E-state index in [2.05, 4.69) is 4.74 Å². The van der Waals surface area contributed by atoms with Crippen molar-refractivity contribution in [3.05, 3.63) is 0 Å². The summed E-state index contributed by atoms with van der Waals surface area (Å²) in [5.74, 6) is -5.94. The van der Waals surface area contributed by atoms with Crippen molar-refractivity contribution in [1.82, 2.24) is 0 Å². The normalized spacial score (nSPS) is 16.2. The van der Waals surface area contributed by atoms with Gasteiger partial charge in [0.2, 0.25) is 0 Å².